The minimum atomic E-state index is -1.46. The number of Topliss-reactive ketones (excluding diaryl/α,β-unsaturated/α-hetero) is 1. The molecule has 6 atom stereocenters. The molecular formula is C43H72GdN13O17S3. The number of carbonyl (C=O) groups excluding carboxylic acids is 11. The Hall–Kier alpha value is -4.07. The average Bonchev–Trinajstić information content (AvgIpc) is 3.32. The first-order valence-corrected chi connectivity index (χ1v) is 27.8. The number of carbonyl (C=O) groups is 12. The molecule has 0 aromatic carbocycles. The van der Waals surface area contributed by atoms with E-state index in [0.29, 0.717) is 0 Å². The van der Waals surface area contributed by atoms with Gasteiger partial charge in [0.15, 0.2) is 5.78 Å². The van der Waals surface area contributed by atoms with Crippen LogP contribution in [0.1, 0.15) is 45.4 Å². The molecule has 77 heavy (non-hydrogen) atoms. The number of likely N-dealkylation sites (N-methyl/N-ethyl adjacent to an activating group) is 1. The number of amides is 7. The topological polar surface area (TPSA) is 467 Å². The van der Waals surface area contributed by atoms with Crippen LogP contribution in [0.2, 0.25) is 0 Å². The van der Waals surface area contributed by atoms with Gasteiger partial charge in [0.05, 0.1) is 43.3 Å². The molecule has 34 heteroatoms. The third kappa shape index (κ3) is 33.9. The van der Waals surface area contributed by atoms with E-state index in [-0.39, 0.29) is 142 Å². The molecule has 0 aromatic heterocycles. The number of nitrogens with zero attached hydrogens (tertiary/aromatic N) is 4. The first-order chi connectivity index (χ1) is 35.9. The van der Waals surface area contributed by atoms with Crippen LogP contribution in [0.25, 0.3) is 0 Å². The number of carboxylic acids is 4. The van der Waals surface area contributed by atoms with Crippen LogP contribution in [0.15, 0.2) is 0 Å². The summed E-state index contributed by atoms with van der Waals surface area (Å²) in [6, 6.07) is -6.09. The van der Waals surface area contributed by atoms with E-state index in [2.05, 4.69) is 31.9 Å². The number of ether oxygens (including phenoxy) is 1. The van der Waals surface area contributed by atoms with Gasteiger partial charge in [-0.05, 0) is 39.5 Å². The predicted molar refractivity (Wildman–Crippen MR) is 271 cm³/mol. The summed E-state index contributed by atoms with van der Waals surface area (Å²) in [6.07, 6.45) is -1.27. The van der Waals surface area contributed by atoms with Gasteiger partial charge in [0.1, 0.15) is 24.4 Å². The average molecular weight is 1300 g/mol. The van der Waals surface area contributed by atoms with E-state index in [1.54, 1.807) is 11.2 Å². The van der Waals surface area contributed by atoms with E-state index in [0.717, 1.165) is 28.5 Å². The molecule has 0 bridgehead atoms. The second kappa shape index (κ2) is 41.0. The molecule has 0 aromatic rings. The summed E-state index contributed by atoms with van der Waals surface area (Å²) < 4.78 is 5.50. The summed E-state index contributed by atoms with van der Waals surface area (Å²) in [5, 5.41) is 58.8. The largest absolute Gasteiger partial charge is 3.00 e. The van der Waals surface area contributed by atoms with E-state index in [1.807, 2.05) is 0 Å². The van der Waals surface area contributed by atoms with Crippen LogP contribution in [0.4, 0.5) is 0 Å². The molecule has 0 aliphatic carbocycles. The molecule has 30 nitrogen and oxygen atoms in total. The van der Waals surface area contributed by atoms with Crippen LogP contribution in [-0.4, -0.2) is 248 Å². The van der Waals surface area contributed by atoms with Crippen LogP contribution in [-0.2, 0) is 62.3 Å². The zero-order valence-corrected chi connectivity index (χ0v) is 47.8. The SMILES string of the molecule is CNC(CCC(=O)O)C(=O)NC(CCC(=O)NC(CSC)C(N)=O)C(=O)NC(CCC(=O)NC(CSSCC(NC(=O)CN1CCN(CC(=O)[O-])CCN(CC(=O)[O-])CCN(CC(=O)[O-])CC1)OCN)C(N)=O)C(C)=O.[Gd+3]. The van der Waals surface area contributed by atoms with Crippen molar-refractivity contribution in [1.82, 2.24) is 51.5 Å². The maximum atomic E-state index is 13.6. The van der Waals surface area contributed by atoms with Gasteiger partial charge in [-0.3, -0.25) is 62.8 Å². The molecule has 1 fully saturated rings. The van der Waals surface area contributed by atoms with Crippen molar-refractivity contribution in [3.05, 3.63) is 0 Å². The Balaban J connectivity index is 0.0000578. The van der Waals surface area contributed by atoms with Crippen LogP contribution >= 0.6 is 33.3 Å². The normalized spacial score (nSPS) is 16.4. The van der Waals surface area contributed by atoms with Crippen molar-refractivity contribution in [2.45, 2.75) is 81.9 Å². The first-order valence-electron chi connectivity index (χ1n) is 23.9. The number of aliphatic carboxylic acids is 4. The van der Waals surface area contributed by atoms with Gasteiger partial charge in [-0.25, -0.2) is 0 Å². The monoisotopic (exact) mass is 1300 g/mol. The van der Waals surface area contributed by atoms with Gasteiger partial charge in [-0.15, -0.1) is 0 Å². The molecule has 437 valence electrons. The third-order valence-electron chi connectivity index (χ3n) is 11.3. The van der Waals surface area contributed by atoms with E-state index >= 15 is 0 Å². The van der Waals surface area contributed by atoms with Crippen molar-refractivity contribution < 1.29 is 123 Å². The maximum Gasteiger partial charge on any atom is 3.00 e. The third-order valence-corrected chi connectivity index (χ3v) is 14.3. The Labute approximate surface area is 490 Å². The van der Waals surface area contributed by atoms with Crippen LogP contribution in [0.3, 0.4) is 0 Å². The van der Waals surface area contributed by atoms with E-state index in [9.17, 15) is 72.9 Å². The number of carboxylic acid groups (broad SMARTS) is 4. The van der Waals surface area contributed by atoms with Crippen molar-refractivity contribution in [3.63, 3.8) is 0 Å². The summed E-state index contributed by atoms with van der Waals surface area (Å²) in [6.45, 7) is 0.105. The molecule has 1 saturated heterocycles. The molecule has 13 N–H and O–H groups in total. The minimum absolute atomic E-state index is 0. The van der Waals surface area contributed by atoms with Crippen molar-refractivity contribution in [3.8, 4) is 0 Å². The van der Waals surface area contributed by atoms with Gasteiger partial charge in [-0.1, -0.05) is 21.6 Å². The number of thioether (sulfide) groups is 1. The Kier molecular flexibility index (Phi) is 38.9. The molecule has 1 heterocycles. The smallest absolute Gasteiger partial charge is 0.549 e. The van der Waals surface area contributed by atoms with Gasteiger partial charge in [-0.2, -0.15) is 11.8 Å². The molecule has 1 rings (SSSR count). The summed E-state index contributed by atoms with van der Waals surface area (Å²) in [5.41, 5.74) is 16.6. The van der Waals surface area contributed by atoms with Crippen molar-refractivity contribution in [2.24, 2.45) is 17.2 Å². The van der Waals surface area contributed by atoms with Gasteiger partial charge < -0.3 is 88.6 Å². The zero-order chi connectivity index (χ0) is 57.3. The van der Waals surface area contributed by atoms with Crippen molar-refractivity contribution in [2.75, 3.05) is 116 Å². The number of rotatable bonds is 37. The molecule has 1 aliphatic heterocycles. The molecular weight excluding hydrogens is 1220 g/mol. The fraction of sp³-hybridized carbons (Fsp3) is 0.721. The quantitative estimate of drug-likeness (QED) is 0.0157. The fourth-order valence-electron chi connectivity index (χ4n) is 7.17. The van der Waals surface area contributed by atoms with E-state index < -0.39 is 146 Å². The van der Waals surface area contributed by atoms with Crippen LogP contribution < -0.4 is 64.4 Å². The fourth-order valence-corrected chi connectivity index (χ4v) is 9.98. The van der Waals surface area contributed by atoms with Crippen molar-refractivity contribution in [1.29, 1.82) is 0 Å². The number of nitrogens with two attached hydrogens (primary N) is 3. The van der Waals surface area contributed by atoms with Gasteiger partial charge in [0.2, 0.25) is 41.4 Å². The van der Waals surface area contributed by atoms with Crippen LogP contribution in [0, 0.1) is 39.9 Å². The van der Waals surface area contributed by atoms with Crippen molar-refractivity contribution >= 4 is 104 Å². The predicted octanol–water partition coefficient (Wildman–Crippen LogP) is -9.91. The Bertz CT molecular complexity index is 1940. The van der Waals surface area contributed by atoms with Gasteiger partial charge in [0, 0.05) is 109 Å². The van der Waals surface area contributed by atoms with Crippen LogP contribution in [0.5, 0.6) is 0 Å². The second-order valence-electron chi connectivity index (χ2n) is 17.3. The summed E-state index contributed by atoms with van der Waals surface area (Å²) >= 11 is 1.24. The Morgan fingerprint density at radius 2 is 0.935 bits per heavy atom. The number of primary amides is 2. The molecule has 0 saturated carbocycles. The second-order valence-corrected chi connectivity index (χ2v) is 20.7. The molecule has 1 radical (unpaired) electrons. The maximum absolute atomic E-state index is 13.6. The Morgan fingerprint density at radius 3 is 1.32 bits per heavy atom. The van der Waals surface area contributed by atoms with E-state index in [4.69, 9.17) is 27.0 Å². The number of nitrogens with one attached hydrogen (secondary N) is 6. The number of ketones is 1. The molecule has 6 unspecified atom stereocenters. The zero-order valence-electron chi connectivity index (χ0n) is 43.1. The molecule has 1 aliphatic rings. The number of hydrogen-bond acceptors (Lipinski definition) is 25. The summed E-state index contributed by atoms with van der Waals surface area (Å²) in [7, 11) is 3.59. The standard InChI is InChI=1S/C43H75N13O17S3.Gd/c1-26(57)27(50-43(72)29(51-42(71)28(47-2)6-9-36(61)62)5-8-33(59)48-30(22-74-3)40(45)69)4-7-32(58)49-31(41(46)70)23-75-76-24-35(73-25-44)52-34(60)18-53-10-12-54(19-37(63)64)14-16-56(21-39(67)68)17-15-55(13-11-53)20-38(65)66;/h27-31,35,47H,4-25,44H2,1-3H3,(H2,45,69)(H2,46,70)(H,48,59)(H,49,58)(H,50,72)(H,51,71)(H,52,60)(H,61,62)(H,63,64)(H,65,66)(H,67,68);/q;+3/p-3. The Morgan fingerprint density at radius 1 is 0.545 bits per heavy atom. The van der Waals surface area contributed by atoms with Gasteiger partial charge >= 0.3 is 45.9 Å². The molecule has 7 amide bonds. The summed E-state index contributed by atoms with van der Waals surface area (Å²) in [4.78, 5) is 155. The summed E-state index contributed by atoms with van der Waals surface area (Å²) in [5.74, 6) is -11.1. The minimum Gasteiger partial charge on any atom is -0.549 e. The van der Waals surface area contributed by atoms with Gasteiger partial charge in [0.25, 0.3) is 0 Å². The van der Waals surface area contributed by atoms with E-state index in [1.165, 1.54) is 33.5 Å². The molecule has 0 spiro atoms. The first kappa shape index (κ1) is 72.9. The number of hydrogen-bond donors (Lipinski definition) is 10.